The van der Waals surface area contributed by atoms with Crippen LogP contribution in [0.4, 0.5) is 0 Å². The Balaban J connectivity index is 2.18. The van der Waals surface area contributed by atoms with Crippen molar-refractivity contribution in [2.24, 2.45) is 5.92 Å². The summed E-state index contributed by atoms with van der Waals surface area (Å²) in [5.74, 6) is -0.909. The molecule has 0 spiro atoms. The molecule has 0 amide bonds. The highest BCUT2D eigenvalue weighted by molar-refractivity contribution is 7.89. The van der Waals surface area contributed by atoms with Gasteiger partial charge in [-0.05, 0) is 24.8 Å². The number of hydrogen-bond donors (Lipinski definition) is 1. The number of aromatic carboxylic acids is 1. The Bertz CT molecular complexity index is 578. The molecule has 0 radical (unpaired) electrons. The minimum Gasteiger partial charge on any atom is -0.477 e. The highest BCUT2D eigenvalue weighted by atomic mass is 32.2. The Labute approximate surface area is 122 Å². The van der Waals surface area contributed by atoms with Crippen LogP contribution >= 0.6 is 11.3 Å². The fraction of sp³-hybridized carbons (Fsp3) is 0.583. The number of methoxy groups -OCH3 is 1. The summed E-state index contributed by atoms with van der Waals surface area (Å²) >= 11 is 0.930. The summed E-state index contributed by atoms with van der Waals surface area (Å²) in [7, 11) is -2.00. The molecule has 1 aliphatic rings. The van der Waals surface area contributed by atoms with Crippen LogP contribution in [0, 0.1) is 5.92 Å². The summed E-state index contributed by atoms with van der Waals surface area (Å²) in [6, 6.07) is 1.22. The predicted molar refractivity (Wildman–Crippen MR) is 74.6 cm³/mol. The fourth-order valence-corrected chi connectivity index (χ4v) is 4.99. The van der Waals surface area contributed by atoms with Crippen molar-refractivity contribution in [2.45, 2.75) is 17.7 Å². The van der Waals surface area contributed by atoms with Crippen LogP contribution in [0.2, 0.25) is 0 Å². The number of piperidine rings is 1. The Morgan fingerprint density at radius 2 is 2.35 bits per heavy atom. The van der Waals surface area contributed by atoms with E-state index in [0.717, 1.165) is 24.2 Å². The molecule has 1 atom stereocenters. The van der Waals surface area contributed by atoms with Gasteiger partial charge in [-0.2, -0.15) is 4.31 Å². The second kappa shape index (κ2) is 6.21. The average molecular weight is 319 g/mol. The summed E-state index contributed by atoms with van der Waals surface area (Å²) in [6.45, 7) is 1.44. The molecule has 0 saturated carbocycles. The predicted octanol–water partition coefficient (Wildman–Crippen LogP) is 1.49. The van der Waals surface area contributed by atoms with Crippen LogP contribution in [-0.2, 0) is 14.8 Å². The van der Waals surface area contributed by atoms with Crippen LogP contribution < -0.4 is 0 Å². The second-order valence-electron chi connectivity index (χ2n) is 4.78. The number of ether oxygens (including phenoxy) is 1. The molecule has 1 fully saturated rings. The molecule has 1 aromatic heterocycles. The van der Waals surface area contributed by atoms with Gasteiger partial charge in [0.2, 0.25) is 10.0 Å². The number of carboxylic acids is 1. The molecule has 112 valence electrons. The van der Waals surface area contributed by atoms with Crippen molar-refractivity contribution < 1.29 is 23.1 Å². The van der Waals surface area contributed by atoms with Crippen LogP contribution in [0.25, 0.3) is 0 Å². The maximum atomic E-state index is 12.5. The standard InChI is InChI=1S/C12H17NO5S2/c1-18-7-9-3-2-4-13(6-9)20(16,17)10-5-11(12(14)15)19-8-10/h5,8-9H,2-4,6-7H2,1H3,(H,14,15). The number of rotatable bonds is 5. The number of carbonyl (C=O) groups is 1. The molecule has 20 heavy (non-hydrogen) atoms. The van der Waals surface area contributed by atoms with Gasteiger partial charge in [0.25, 0.3) is 0 Å². The minimum absolute atomic E-state index is 0.0361. The number of hydrogen-bond acceptors (Lipinski definition) is 5. The second-order valence-corrected chi connectivity index (χ2v) is 7.63. The Hall–Kier alpha value is -0.960. The van der Waals surface area contributed by atoms with E-state index in [1.807, 2.05) is 0 Å². The van der Waals surface area contributed by atoms with Gasteiger partial charge in [0.1, 0.15) is 4.88 Å². The molecule has 0 bridgehead atoms. The Morgan fingerprint density at radius 3 is 2.95 bits per heavy atom. The third-order valence-corrected chi connectivity index (χ3v) is 6.22. The summed E-state index contributed by atoms with van der Waals surface area (Å²) in [6.07, 6.45) is 1.74. The first-order valence-electron chi connectivity index (χ1n) is 6.26. The summed E-state index contributed by atoms with van der Waals surface area (Å²) in [5, 5.41) is 10.3. The Morgan fingerprint density at radius 1 is 1.60 bits per heavy atom. The molecule has 1 saturated heterocycles. The highest BCUT2D eigenvalue weighted by Crippen LogP contribution is 2.27. The van der Waals surface area contributed by atoms with Crippen LogP contribution in [0.1, 0.15) is 22.5 Å². The molecule has 1 unspecified atom stereocenters. The molecule has 8 heteroatoms. The van der Waals surface area contributed by atoms with Gasteiger partial charge in [-0.25, -0.2) is 13.2 Å². The van der Waals surface area contributed by atoms with Crippen LogP contribution in [0.15, 0.2) is 16.3 Å². The third kappa shape index (κ3) is 3.20. The summed E-state index contributed by atoms with van der Waals surface area (Å²) < 4.78 is 31.5. The van der Waals surface area contributed by atoms with E-state index in [2.05, 4.69) is 0 Å². The molecular weight excluding hydrogens is 302 g/mol. The summed E-state index contributed by atoms with van der Waals surface area (Å²) in [4.78, 5) is 10.9. The van der Waals surface area contributed by atoms with Crippen molar-refractivity contribution in [3.05, 3.63) is 16.3 Å². The maximum Gasteiger partial charge on any atom is 0.345 e. The molecule has 1 N–H and O–H groups in total. The van der Waals surface area contributed by atoms with Gasteiger partial charge < -0.3 is 9.84 Å². The molecule has 0 aliphatic carbocycles. The normalized spacial score (nSPS) is 20.9. The number of sulfonamides is 1. The van der Waals surface area contributed by atoms with Crippen LogP contribution in [-0.4, -0.2) is 50.6 Å². The van der Waals surface area contributed by atoms with Gasteiger partial charge in [0.05, 0.1) is 11.5 Å². The molecule has 1 aliphatic heterocycles. The zero-order valence-corrected chi connectivity index (χ0v) is 12.7. The lowest BCUT2D eigenvalue weighted by molar-refractivity contribution is 0.0702. The van der Waals surface area contributed by atoms with E-state index in [1.165, 1.54) is 15.8 Å². The summed E-state index contributed by atoms with van der Waals surface area (Å²) in [5.41, 5.74) is 0. The molecule has 6 nitrogen and oxygen atoms in total. The highest BCUT2D eigenvalue weighted by Gasteiger charge is 2.31. The van der Waals surface area contributed by atoms with E-state index < -0.39 is 16.0 Å². The lowest BCUT2D eigenvalue weighted by atomic mass is 10.0. The van der Waals surface area contributed by atoms with E-state index in [9.17, 15) is 13.2 Å². The minimum atomic E-state index is -3.60. The van der Waals surface area contributed by atoms with E-state index in [1.54, 1.807) is 7.11 Å². The van der Waals surface area contributed by atoms with Gasteiger partial charge in [-0.3, -0.25) is 0 Å². The monoisotopic (exact) mass is 319 g/mol. The first-order valence-corrected chi connectivity index (χ1v) is 8.58. The zero-order valence-electron chi connectivity index (χ0n) is 11.1. The van der Waals surface area contributed by atoms with E-state index >= 15 is 0 Å². The average Bonchev–Trinajstić information content (AvgIpc) is 2.90. The Kier molecular flexibility index (Phi) is 4.79. The molecule has 0 aromatic carbocycles. The molecule has 2 heterocycles. The molecule has 1 aromatic rings. The molecular formula is C12H17NO5S2. The quantitative estimate of drug-likeness (QED) is 0.889. The van der Waals surface area contributed by atoms with Crippen molar-refractivity contribution in [3.8, 4) is 0 Å². The zero-order chi connectivity index (χ0) is 14.8. The number of carboxylic acid groups (broad SMARTS) is 1. The van der Waals surface area contributed by atoms with Crippen molar-refractivity contribution in [2.75, 3.05) is 26.8 Å². The van der Waals surface area contributed by atoms with Gasteiger partial charge in [-0.1, -0.05) is 0 Å². The SMILES string of the molecule is COCC1CCCN(S(=O)(=O)c2csc(C(=O)O)c2)C1. The maximum absolute atomic E-state index is 12.5. The van der Waals surface area contributed by atoms with Crippen molar-refractivity contribution >= 4 is 27.3 Å². The largest absolute Gasteiger partial charge is 0.477 e. The van der Waals surface area contributed by atoms with Gasteiger partial charge in [0, 0.05) is 25.6 Å². The number of nitrogens with zero attached hydrogens (tertiary/aromatic N) is 1. The third-order valence-electron chi connectivity index (χ3n) is 3.31. The van der Waals surface area contributed by atoms with Gasteiger partial charge in [-0.15, -0.1) is 11.3 Å². The first kappa shape index (κ1) is 15.4. The lowest BCUT2D eigenvalue weighted by Crippen LogP contribution is -2.40. The molecule has 2 rings (SSSR count). The van der Waals surface area contributed by atoms with Crippen molar-refractivity contribution in [1.82, 2.24) is 4.31 Å². The topological polar surface area (TPSA) is 83.9 Å². The fourth-order valence-electron chi connectivity index (χ4n) is 2.33. The van der Waals surface area contributed by atoms with Gasteiger partial charge >= 0.3 is 5.97 Å². The van der Waals surface area contributed by atoms with Gasteiger partial charge in [0.15, 0.2) is 0 Å². The van der Waals surface area contributed by atoms with Crippen LogP contribution in [0.3, 0.4) is 0 Å². The smallest absolute Gasteiger partial charge is 0.345 e. The van der Waals surface area contributed by atoms with E-state index in [4.69, 9.17) is 9.84 Å². The first-order chi connectivity index (χ1) is 9.45. The van der Waals surface area contributed by atoms with Crippen molar-refractivity contribution in [1.29, 1.82) is 0 Å². The number of thiophene rings is 1. The van der Waals surface area contributed by atoms with E-state index in [-0.39, 0.29) is 15.7 Å². The van der Waals surface area contributed by atoms with Crippen LogP contribution in [0.5, 0.6) is 0 Å². The lowest BCUT2D eigenvalue weighted by Gasteiger charge is -2.31. The van der Waals surface area contributed by atoms with Crippen molar-refractivity contribution in [3.63, 3.8) is 0 Å². The van der Waals surface area contributed by atoms with E-state index in [0.29, 0.717) is 19.7 Å².